The van der Waals surface area contributed by atoms with Gasteiger partial charge in [0.2, 0.25) is 5.79 Å². The van der Waals surface area contributed by atoms with E-state index in [2.05, 4.69) is 91.6 Å². The van der Waals surface area contributed by atoms with Crippen molar-refractivity contribution in [1.29, 1.82) is 0 Å². The average Bonchev–Trinajstić information content (AvgIpc) is 2.87. The SMILES string of the molecule is C=C(c1ccc(C)cc1)C1COC2(CCC(Nc3ccc(-c4ccccc4)cc3)CC2)OO1. The number of rotatable bonds is 5. The minimum atomic E-state index is -0.639. The van der Waals surface area contributed by atoms with Crippen molar-refractivity contribution >= 4 is 11.3 Å². The van der Waals surface area contributed by atoms with Gasteiger partial charge in [0.05, 0.1) is 6.61 Å². The summed E-state index contributed by atoms with van der Waals surface area (Å²) in [6, 6.07) is 27.8. The molecule has 1 spiro atoms. The van der Waals surface area contributed by atoms with Gasteiger partial charge in [-0.2, -0.15) is 0 Å². The lowest BCUT2D eigenvalue weighted by Crippen LogP contribution is -2.49. The zero-order chi connectivity index (χ0) is 22.7. The molecule has 4 nitrogen and oxygen atoms in total. The van der Waals surface area contributed by atoms with E-state index in [0.717, 1.165) is 42.5 Å². The van der Waals surface area contributed by atoms with Crippen LogP contribution in [0.15, 0.2) is 85.4 Å². The lowest BCUT2D eigenvalue weighted by molar-refractivity contribution is -0.483. The second kappa shape index (κ2) is 9.52. The zero-order valence-electron chi connectivity index (χ0n) is 19.1. The van der Waals surface area contributed by atoms with E-state index in [1.54, 1.807) is 0 Å². The molecule has 5 rings (SSSR count). The number of ether oxygens (including phenoxy) is 1. The lowest BCUT2D eigenvalue weighted by Gasteiger charge is -2.43. The van der Waals surface area contributed by atoms with Crippen molar-refractivity contribution in [2.24, 2.45) is 0 Å². The fourth-order valence-corrected chi connectivity index (χ4v) is 4.59. The molecule has 0 radical (unpaired) electrons. The van der Waals surface area contributed by atoms with Gasteiger partial charge >= 0.3 is 0 Å². The van der Waals surface area contributed by atoms with E-state index in [0.29, 0.717) is 12.6 Å². The number of aryl methyl sites for hydroxylation is 1. The smallest absolute Gasteiger partial charge is 0.201 e. The third kappa shape index (κ3) is 5.03. The van der Waals surface area contributed by atoms with E-state index in [-0.39, 0.29) is 6.10 Å². The van der Waals surface area contributed by atoms with Crippen molar-refractivity contribution in [2.75, 3.05) is 11.9 Å². The molecule has 33 heavy (non-hydrogen) atoms. The van der Waals surface area contributed by atoms with E-state index < -0.39 is 5.79 Å². The molecular weight excluding hydrogens is 410 g/mol. The van der Waals surface area contributed by atoms with Gasteiger partial charge in [0.1, 0.15) is 6.10 Å². The summed E-state index contributed by atoms with van der Waals surface area (Å²) < 4.78 is 6.21. The maximum absolute atomic E-state index is 6.21. The molecule has 3 aromatic rings. The monoisotopic (exact) mass is 441 g/mol. The fourth-order valence-electron chi connectivity index (χ4n) is 4.59. The molecule has 1 atom stereocenters. The molecular formula is C29H31NO3. The molecule has 3 aromatic carbocycles. The van der Waals surface area contributed by atoms with E-state index >= 15 is 0 Å². The zero-order valence-corrected chi connectivity index (χ0v) is 19.1. The van der Waals surface area contributed by atoms with Crippen LogP contribution in [0.3, 0.4) is 0 Å². The predicted molar refractivity (Wildman–Crippen MR) is 133 cm³/mol. The molecule has 1 aliphatic carbocycles. The second-order valence-corrected chi connectivity index (χ2v) is 9.14. The molecule has 1 heterocycles. The quantitative estimate of drug-likeness (QED) is 0.443. The second-order valence-electron chi connectivity index (χ2n) is 9.14. The normalized spacial score (nSPS) is 25.0. The maximum atomic E-state index is 6.21. The van der Waals surface area contributed by atoms with Crippen LogP contribution >= 0.6 is 0 Å². The molecule has 1 unspecified atom stereocenters. The van der Waals surface area contributed by atoms with E-state index in [1.807, 2.05) is 6.07 Å². The van der Waals surface area contributed by atoms with Gasteiger partial charge in [-0.15, -0.1) is 0 Å². The third-order valence-corrected chi connectivity index (χ3v) is 6.74. The average molecular weight is 442 g/mol. The Morgan fingerprint density at radius 3 is 2.18 bits per heavy atom. The summed E-state index contributed by atoms with van der Waals surface area (Å²) in [4.78, 5) is 11.6. The van der Waals surface area contributed by atoms with Gasteiger partial charge in [-0.3, -0.25) is 0 Å². The Morgan fingerprint density at radius 2 is 1.55 bits per heavy atom. The van der Waals surface area contributed by atoms with Gasteiger partial charge in [-0.1, -0.05) is 78.9 Å². The molecule has 170 valence electrons. The highest BCUT2D eigenvalue weighted by Crippen LogP contribution is 2.38. The topological polar surface area (TPSA) is 39.7 Å². The first-order valence-electron chi connectivity index (χ1n) is 11.8. The van der Waals surface area contributed by atoms with Crippen molar-refractivity contribution < 1.29 is 14.5 Å². The van der Waals surface area contributed by atoms with Crippen molar-refractivity contribution in [3.63, 3.8) is 0 Å². The summed E-state index contributed by atoms with van der Waals surface area (Å²) in [5.41, 5.74) is 6.77. The summed E-state index contributed by atoms with van der Waals surface area (Å²) in [6.45, 7) is 6.74. The Morgan fingerprint density at radius 1 is 0.879 bits per heavy atom. The third-order valence-electron chi connectivity index (χ3n) is 6.74. The Bertz CT molecular complexity index is 1060. The van der Waals surface area contributed by atoms with Gasteiger partial charge in [-0.25, -0.2) is 9.78 Å². The minimum Gasteiger partial charge on any atom is -0.382 e. The van der Waals surface area contributed by atoms with Crippen LogP contribution in [0, 0.1) is 6.92 Å². The molecule has 1 N–H and O–H groups in total. The molecule has 0 amide bonds. The number of hydrogen-bond acceptors (Lipinski definition) is 4. The molecule has 1 saturated carbocycles. The fraction of sp³-hybridized carbons (Fsp3) is 0.310. The first-order chi connectivity index (χ1) is 16.1. The molecule has 2 fully saturated rings. The Labute approximate surface area is 196 Å². The summed E-state index contributed by atoms with van der Waals surface area (Å²) in [5, 5.41) is 3.67. The van der Waals surface area contributed by atoms with E-state index in [4.69, 9.17) is 14.5 Å². The molecule has 1 aliphatic heterocycles. The van der Waals surface area contributed by atoms with Crippen LogP contribution in [-0.4, -0.2) is 24.5 Å². The van der Waals surface area contributed by atoms with E-state index in [1.165, 1.54) is 16.7 Å². The van der Waals surface area contributed by atoms with Crippen LogP contribution in [0.4, 0.5) is 5.69 Å². The first-order valence-corrected chi connectivity index (χ1v) is 11.8. The van der Waals surface area contributed by atoms with Crippen LogP contribution in [-0.2, 0) is 14.5 Å². The van der Waals surface area contributed by atoms with Crippen molar-refractivity contribution in [1.82, 2.24) is 0 Å². The highest BCUT2D eigenvalue weighted by atomic mass is 17.2. The lowest BCUT2D eigenvalue weighted by atomic mass is 9.89. The highest BCUT2D eigenvalue weighted by Gasteiger charge is 2.43. The van der Waals surface area contributed by atoms with Crippen molar-refractivity contribution in [3.8, 4) is 11.1 Å². The predicted octanol–water partition coefficient (Wildman–Crippen LogP) is 6.77. The molecule has 0 bridgehead atoms. The summed E-state index contributed by atoms with van der Waals surface area (Å²) >= 11 is 0. The van der Waals surface area contributed by atoms with Gasteiger partial charge in [0.25, 0.3) is 0 Å². The number of hydrogen-bond donors (Lipinski definition) is 1. The van der Waals surface area contributed by atoms with Gasteiger partial charge in [0.15, 0.2) is 0 Å². The molecule has 2 aliphatic rings. The Kier molecular flexibility index (Phi) is 6.32. The van der Waals surface area contributed by atoms with Crippen molar-refractivity contribution in [3.05, 3.63) is 96.6 Å². The largest absolute Gasteiger partial charge is 0.382 e. The molecule has 1 saturated heterocycles. The van der Waals surface area contributed by atoms with Crippen LogP contribution < -0.4 is 5.32 Å². The summed E-state index contributed by atoms with van der Waals surface area (Å²) in [5.74, 6) is -0.639. The number of anilines is 1. The molecule has 0 aromatic heterocycles. The van der Waals surface area contributed by atoms with Crippen LogP contribution in [0.1, 0.15) is 36.8 Å². The number of nitrogens with one attached hydrogen (secondary N) is 1. The van der Waals surface area contributed by atoms with Gasteiger partial charge in [-0.05, 0) is 54.2 Å². The maximum Gasteiger partial charge on any atom is 0.201 e. The van der Waals surface area contributed by atoms with Crippen molar-refractivity contribution in [2.45, 2.75) is 50.5 Å². The summed E-state index contributed by atoms with van der Waals surface area (Å²) in [6.07, 6.45) is 3.26. The minimum absolute atomic E-state index is 0.280. The van der Waals surface area contributed by atoms with Crippen LogP contribution in [0.2, 0.25) is 0 Å². The van der Waals surface area contributed by atoms with Crippen LogP contribution in [0.5, 0.6) is 0 Å². The standard InChI is InChI=1S/C29H31NO3/c1-21-8-10-23(11-9-21)22(2)28-20-31-29(33-32-28)18-16-27(17-19-29)30-26-14-12-25(13-15-26)24-6-4-3-5-7-24/h3-15,27-28,30H,2,16-20H2,1H3. The first kappa shape index (κ1) is 21.9. The van der Waals surface area contributed by atoms with E-state index in [9.17, 15) is 0 Å². The van der Waals surface area contributed by atoms with Gasteiger partial charge in [0, 0.05) is 24.6 Å². The summed E-state index contributed by atoms with van der Waals surface area (Å²) in [7, 11) is 0. The highest BCUT2D eigenvalue weighted by molar-refractivity contribution is 5.67. The Hall–Kier alpha value is -2.92. The Balaban J connectivity index is 1.12. The van der Waals surface area contributed by atoms with Gasteiger partial charge < -0.3 is 10.1 Å². The van der Waals surface area contributed by atoms with Crippen LogP contribution in [0.25, 0.3) is 16.7 Å². The molecule has 4 heteroatoms. The number of benzene rings is 3.